The highest BCUT2D eigenvalue weighted by Crippen LogP contribution is 2.35. The number of anilines is 2. The summed E-state index contributed by atoms with van der Waals surface area (Å²) in [6, 6.07) is 5.32. The number of fused-ring (bicyclic) bond motifs is 2. The van der Waals surface area contributed by atoms with E-state index >= 15 is 4.39 Å². The second-order valence-electron chi connectivity index (χ2n) is 10.4. The van der Waals surface area contributed by atoms with Crippen LogP contribution in [0.2, 0.25) is 0 Å². The van der Waals surface area contributed by atoms with Crippen LogP contribution in [0.15, 0.2) is 24.3 Å². The van der Waals surface area contributed by atoms with Crippen molar-refractivity contribution in [3.63, 3.8) is 0 Å². The highest BCUT2D eigenvalue weighted by molar-refractivity contribution is 7.21. The molecule has 1 unspecified atom stereocenters. The molecule has 1 aromatic carbocycles. The van der Waals surface area contributed by atoms with E-state index in [1.807, 2.05) is 32.6 Å². The van der Waals surface area contributed by atoms with Gasteiger partial charge in [0.05, 0.1) is 11.7 Å². The van der Waals surface area contributed by atoms with Crippen LogP contribution in [-0.4, -0.2) is 66.3 Å². The first-order valence-electron chi connectivity index (χ1n) is 13.4. The lowest BCUT2D eigenvalue weighted by molar-refractivity contribution is 0.0240. The zero-order chi connectivity index (χ0) is 29.0. The van der Waals surface area contributed by atoms with Crippen molar-refractivity contribution in [2.24, 2.45) is 0 Å². The fraction of sp³-hybridized carbons (Fsp3) is 0.444. The molecule has 2 aliphatic heterocycles. The molecule has 9 nitrogen and oxygen atoms in total. The van der Waals surface area contributed by atoms with E-state index in [9.17, 15) is 9.59 Å². The van der Waals surface area contributed by atoms with Gasteiger partial charge in [0.15, 0.2) is 0 Å². The number of nitrogens with two attached hydrogens (primary N) is 1. The van der Waals surface area contributed by atoms with Gasteiger partial charge in [0.2, 0.25) is 0 Å². The van der Waals surface area contributed by atoms with Gasteiger partial charge >= 0.3 is 6.09 Å². The number of carbonyl (C=O) groups is 2. The number of aromatic nitrogens is 1. The SMILES string of the molecule is [2H]C1([2H])c2c(F)cc(N3CCN(C(=O)OC(C)(C)C)CC3)cc2OCC1NC(=O)c1sc2nc(C)ccc2c1N. The van der Waals surface area contributed by atoms with E-state index in [-0.39, 0.29) is 28.5 Å². The van der Waals surface area contributed by atoms with Crippen molar-refractivity contribution in [1.29, 1.82) is 0 Å². The van der Waals surface area contributed by atoms with E-state index in [0.29, 0.717) is 42.1 Å². The molecule has 2 aliphatic rings. The van der Waals surface area contributed by atoms with E-state index in [4.69, 9.17) is 17.9 Å². The number of nitrogens with one attached hydrogen (secondary N) is 1. The number of carbonyl (C=O) groups excluding carboxylic acids is 2. The van der Waals surface area contributed by atoms with Crippen molar-refractivity contribution in [2.75, 3.05) is 43.4 Å². The Balaban J connectivity index is 1.31. The van der Waals surface area contributed by atoms with Gasteiger partial charge in [0, 0.05) is 63.7 Å². The van der Waals surface area contributed by atoms with Crippen LogP contribution < -0.4 is 20.7 Å². The molecule has 202 valence electrons. The summed E-state index contributed by atoms with van der Waals surface area (Å²) in [5, 5.41) is 3.31. The minimum Gasteiger partial charge on any atom is -0.491 e. The molecule has 11 heteroatoms. The number of pyridine rings is 1. The molecule has 5 rings (SSSR count). The van der Waals surface area contributed by atoms with Crippen molar-refractivity contribution in [2.45, 2.75) is 45.7 Å². The predicted molar refractivity (Wildman–Crippen MR) is 146 cm³/mol. The Hall–Kier alpha value is -3.60. The van der Waals surface area contributed by atoms with Crippen LogP contribution in [0.3, 0.4) is 0 Å². The Kier molecular flexibility index (Phi) is 6.15. The van der Waals surface area contributed by atoms with Gasteiger partial charge in [-0.3, -0.25) is 4.79 Å². The van der Waals surface area contributed by atoms with Gasteiger partial charge in [-0.25, -0.2) is 14.2 Å². The maximum atomic E-state index is 15.5. The number of hydrogen-bond donors (Lipinski definition) is 2. The van der Waals surface area contributed by atoms with Crippen LogP contribution in [0.5, 0.6) is 5.75 Å². The quantitative estimate of drug-likeness (QED) is 0.512. The molecule has 3 N–H and O–H groups in total. The standard InChI is InChI=1S/C27H32FN5O4S/c1-15-5-6-18-22(29)23(38-25(18)30-15)24(34)31-16-11-19-20(28)12-17(13-21(19)36-14-16)32-7-9-33(10-8-32)26(35)37-27(2,3)4/h5-6,12-13,16H,7-11,14,29H2,1-4H3,(H,31,34)/i11D2. The Morgan fingerprint density at radius 3 is 2.71 bits per heavy atom. The summed E-state index contributed by atoms with van der Waals surface area (Å²) >= 11 is 1.12. The lowest BCUT2D eigenvalue weighted by Crippen LogP contribution is -2.50. The number of hydrogen-bond acceptors (Lipinski definition) is 8. The van der Waals surface area contributed by atoms with Gasteiger partial charge in [-0.1, -0.05) is 0 Å². The largest absolute Gasteiger partial charge is 0.491 e. The van der Waals surface area contributed by atoms with E-state index in [2.05, 4.69) is 10.3 Å². The fourth-order valence-corrected chi connectivity index (χ4v) is 5.47. The monoisotopic (exact) mass is 543 g/mol. The van der Waals surface area contributed by atoms with Crippen molar-refractivity contribution in [3.8, 4) is 5.75 Å². The average molecular weight is 544 g/mol. The molecule has 2 aromatic heterocycles. The molecular weight excluding hydrogens is 509 g/mol. The van der Waals surface area contributed by atoms with Crippen LogP contribution in [0.25, 0.3) is 10.2 Å². The zero-order valence-corrected chi connectivity index (χ0v) is 22.6. The van der Waals surface area contributed by atoms with Gasteiger partial charge in [-0.2, -0.15) is 0 Å². The van der Waals surface area contributed by atoms with Crippen LogP contribution in [0, 0.1) is 12.7 Å². The van der Waals surface area contributed by atoms with Crippen LogP contribution in [-0.2, 0) is 11.1 Å². The van der Waals surface area contributed by atoms with E-state index in [1.165, 1.54) is 6.07 Å². The molecule has 4 heterocycles. The first kappa shape index (κ1) is 23.5. The van der Waals surface area contributed by atoms with Gasteiger partial charge in [0.25, 0.3) is 5.91 Å². The molecule has 0 radical (unpaired) electrons. The molecular formula is C27H32FN5O4S. The fourth-order valence-electron chi connectivity index (χ4n) is 4.43. The number of halogens is 1. The van der Waals surface area contributed by atoms with Crippen molar-refractivity contribution >= 4 is 44.9 Å². The summed E-state index contributed by atoms with van der Waals surface area (Å²) in [6.07, 6.45) is -2.64. The van der Waals surface area contributed by atoms with E-state index in [0.717, 1.165) is 17.0 Å². The molecule has 1 atom stereocenters. The topological polar surface area (TPSA) is 110 Å². The summed E-state index contributed by atoms with van der Waals surface area (Å²) in [6.45, 7) is 8.78. The normalized spacial score (nSPS) is 19.8. The summed E-state index contributed by atoms with van der Waals surface area (Å²) in [7, 11) is 0. The van der Waals surface area contributed by atoms with Crippen LogP contribution in [0.1, 0.15) is 44.4 Å². The highest BCUT2D eigenvalue weighted by atomic mass is 32.1. The van der Waals surface area contributed by atoms with E-state index in [1.54, 1.807) is 23.1 Å². The smallest absolute Gasteiger partial charge is 0.410 e. The van der Waals surface area contributed by atoms with Gasteiger partial charge < -0.3 is 30.3 Å². The average Bonchev–Trinajstić information content (AvgIpc) is 3.19. The van der Waals surface area contributed by atoms with Crippen LogP contribution in [0.4, 0.5) is 20.6 Å². The molecule has 0 spiro atoms. The number of thiophene rings is 1. The highest BCUT2D eigenvalue weighted by Gasteiger charge is 2.30. The number of amides is 2. The molecule has 1 fully saturated rings. The van der Waals surface area contributed by atoms with Gasteiger partial charge in [0.1, 0.15) is 33.5 Å². The minimum atomic E-state index is -2.25. The third-order valence-corrected chi connectivity index (χ3v) is 7.42. The van der Waals surface area contributed by atoms with Crippen LogP contribution >= 0.6 is 11.3 Å². The second kappa shape index (κ2) is 9.94. The number of benzene rings is 1. The number of piperazine rings is 1. The van der Waals surface area contributed by atoms with Gasteiger partial charge in [-0.05, 0) is 45.9 Å². The van der Waals surface area contributed by atoms with Crippen molar-refractivity contribution in [3.05, 3.63) is 46.2 Å². The first-order chi connectivity index (χ1) is 18.7. The molecule has 0 saturated carbocycles. The maximum absolute atomic E-state index is 15.5. The Labute approximate surface area is 227 Å². The predicted octanol–water partition coefficient (Wildman–Crippen LogP) is 4.12. The lowest BCUT2D eigenvalue weighted by atomic mass is 10.0. The molecule has 2 amide bonds. The number of rotatable bonds is 3. The Morgan fingerprint density at radius 1 is 1.26 bits per heavy atom. The molecule has 3 aromatic rings. The zero-order valence-electron chi connectivity index (χ0n) is 23.8. The third kappa shape index (κ3) is 5.33. The summed E-state index contributed by atoms with van der Waals surface area (Å²) in [4.78, 5) is 34.3. The summed E-state index contributed by atoms with van der Waals surface area (Å²) in [5.74, 6) is -1.26. The Bertz CT molecular complexity index is 1480. The second-order valence-corrected chi connectivity index (χ2v) is 11.4. The third-order valence-electron chi connectivity index (χ3n) is 6.30. The van der Waals surface area contributed by atoms with Crippen molar-refractivity contribution < 1.29 is 26.2 Å². The first-order valence-corrected chi connectivity index (χ1v) is 13.2. The summed E-state index contributed by atoms with van der Waals surface area (Å²) in [5.41, 5.74) is 6.93. The van der Waals surface area contributed by atoms with E-state index < -0.39 is 35.8 Å². The Morgan fingerprint density at radius 2 is 2.00 bits per heavy atom. The number of nitrogen functional groups attached to an aromatic ring is 1. The molecule has 0 bridgehead atoms. The molecule has 1 saturated heterocycles. The number of aryl methyl sites for hydroxylation is 1. The lowest BCUT2D eigenvalue weighted by Gasteiger charge is -2.37. The molecule has 0 aliphatic carbocycles. The molecule has 38 heavy (non-hydrogen) atoms. The van der Waals surface area contributed by atoms with Gasteiger partial charge in [-0.15, -0.1) is 11.3 Å². The minimum absolute atomic E-state index is 0.0844. The number of ether oxygens (including phenoxy) is 2. The number of nitrogens with zero attached hydrogens (tertiary/aromatic N) is 3. The maximum Gasteiger partial charge on any atom is 0.410 e. The van der Waals surface area contributed by atoms with Crippen molar-refractivity contribution in [1.82, 2.24) is 15.2 Å². The summed E-state index contributed by atoms with van der Waals surface area (Å²) < 4.78 is 44.2.